The molecule has 3 nitrogen and oxygen atoms in total. The molecule has 96 valence electrons. The minimum Gasteiger partial charge on any atom is -0.215 e. The maximum Gasteiger partial charge on any atom is 0.211 e. The molecule has 0 aliphatic carbocycles. The molecular formula is C12H18ClNO2S. The molecule has 0 spiro atoms. The first-order valence-corrected chi connectivity index (χ1v) is 7.78. The molecule has 1 aromatic rings. The third-order valence-electron chi connectivity index (χ3n) is 2.48. The van der Waals surface area contributed by atoms with Gasteiger partial charge in [-0.25, -0.2) is 13.1 Å². The van der Waals surface area contributed by atoms with Crippen LogP contribution in [-0.2, 0) is 16.4 Å². The van der Waals surface area contributed by atoms with E-state index in [0.717, 1.165) is 24.3 Å². The van der Waals surface area contributed by atoms with Crippen LogP contribution in [-0.4, -0.2) is 20.7 Å². The maximum atomic E-state index is 11.1. The van der Waals surface area contributed by atoms with Crippen LogP contribution in [0.25, 0.3) is 0 Å². The zero-order valence-corrected chi connectivity index (χ0v) is 11.5. The predicted octanol–water partition coefficient (Wildman–Crippen LogP) is 2.60. The molecule has 0 unspecified atom stereocenters. The minimum absolute atomic E-state index is 0.140. The second kappa shape index (κ2) is 6.99. The smallest absolute Gasteiger partial charge is 0.211 e. The third kappa shape index (κ3) is 6.05. The quantitative estimate of drug-likeness (QED) is 0.778. The Morgan fingerprint density at radius 1 is 1.29 bits per heavy atom. The lowest BCUT2D eigenvalue weighted by atomic mass is 10.1. The normalized spacial score (nSPS) is 11.6. The summed E-state index contributed by atoms with van der Waals surface area (Å²) in [5.74, 6) is 0.140. The first-order valence-electron chi connectivity index (χ1n) is 5.75. The molecule has 0 saturated carbocycles. The van der Waals surface area contributed by atoms with Crippen molar-refractivity contribution in [1.82, 2.24) is 4.72 Å². The summed E-state index contributed by atoms with van der Waals surface area (Å²) in [6, 6.07) is 7.75. The van der Waals surface area contributed by atoms with Crippen molar-refractivity contribution >= 4 is 21.6 Å². The molecule has 0 amide bonds. The molecule has 0 bridgehead atoms. The summed E-state index contributed by atoms with van der Waals surface area (Å²) in [4.78, 5) is 0. The van der Waals surface area contributed by atoms with Gasteiger partial charge < -0.3 is 0 Å². The van der Waals surface area contributed by atoms with E-state index >= 15 is 0 Å². The zero-order valence-electron chi connectivity index (χ0n) is 9.95. The Kier molecular flexibility index (Phi) is 5.95. The zero-order chi connectivity index (χ0) is 12.7. The van der Waals surface area contributed by atoms with Gasteiger partial charge in [-0.15, -0.1) is 0 Å². The van der Waals surface area contributed by atoms with Crippen molar-refractivity contribution in [3.63, 3.8) is 0 Å². The summed E-state index contributed by atoms with van der Waals surface area (Å²) >= 11 is 5.87. The van der Waals surface area contributed by atoms with Crippen LogP contribution >= 0.6 is 11.6 Å². The first kappa shape index (κ1) is 14.5. The van der Waals surface area contributed by atoms with Crippen molar-refractivity contribution in [2.45, 2.75) is 26.2 Å². The number of nitrogens with one attached hydrogen (secondary N) is 1. The topological polar surface area (TPSA) is 46.2 Å². The number of rotatable bonds is 7. The molecule has 1 rings (SSSR count). The lowest BCUT2D eigenvalue weighted by Gasteiger charge is -2.04. The van der Waals surface area contributed by atoms with Crippen LogP contribution in [0.15, 0.2) is 24.3 Å². The van der Waals surface area contributed by atoms with Crippen molar-refractivity contribution in [1.29, 1.82) is 0 Å². The van der Waals surface area contributed by atoms with Gasteiger partial charge in [0.2, 0.25) is 10.0 Å². The predicted molar refractivity (Wildman–Crippen MR) is 71.9 cm³/mol. The summed E-state index contributed by atoms with van der Waals surface area (Å²) in [7, 11) is -3.04. The van der Waals surface area contributed by atoms with Crippen molar-refractivity contribution in [3.05, 3.63) is 34.9 Å². The minimum atomic E-state index is -3.04. The van der Waals surface area contributed by atoms with Crippen LogP contribution in [0, 0.1) is 0 Å². The van der Waals surface area contributed by atoms with Crippen molar-refractivity contribution in [3.8, 4) is 0 Å². The molecule has 17 heavy (non-hydrogen) atoms. The monoisotopic (exact) mass is 275 g/mol. The van der Waals surface area contributed by atoms with Gasteiger partial charge in [-0.05, 0) is 43.9 Å². The van der Waals surface area contributed by atoms with E-state index in [1.54, 1.807) is 6.92 Å². The molecule has 5 heteroatoms. The fraction of sp³-hybridized carbons (Fsp3) is 0.500. The molecule has 0 radical (unpaired) electrons. The first-order chi connectivity index (χ1) is 8.03. The number of hydrogen-bond acceptors (Lipinski definition) is 2. The van der Waals surface area contributed by atoms with E-state index < -0.39 is 10.0 Å². The van der Waals surface area contributed by atoms with Gasteiger partial charge in [0.15, 0.2) is 0 Å². The number of hydrogen-bond donors (Lipinski definition) is 1. The van der Waals surface area contributed by atoms with E-state index in [1.807, 2.05) is 24.3 Å². The van der Waals surface area contributed by atoms with Crippen LogP contribution in [0.5, 0.6) is 0 Å². The van der Waals surface area contributed by atoms with Gasteiger partial charge in [0, 0.05) is 11.6 Å². The highest BCUT2D eigenvalue weighted by molar-refractivity contribution is 7.89. The number of halogens is 1. The van der Waals surface area contributed by atoms with Crippen molar-refractivity contribution < 1.29 is 8.42 Å². The van der Waals surface area contributed by atoms with Gasteiger partial charge in [-0.3, -0.25) is 0 Å². The van der Waals surface area contributed by atoms with E-state index in [-0.39, 0.29) is 5.75 Å². The number of benzene rings is 1. The highest BCUT2D eigenvalue weighted by Gasteiger charge is 2.04. The Bertz CT molecular complexity index is 446. The molecule has 1 aromatic carbocycles. The number of unbranched alkanes of at least 4 members (excludes halogenated alkanes) is 1. The molecular weight excluding hydrogens is 258 g/mol. The summed E-state index contributed by atoms with van der Waals surface area (Å²) in [6.07, 6.45) is 2.72. The average Bonchev–Trinajstić information content (AvgIpc) is 2.29. The Balaban J connectivity index is 2.21. The Hall–Kier alpha value is -0.580. The van der Waals surface area contributed by atoms with Crippen molar-refractivity contribution in [2.24, 2.45) is 0 Å². The van der Waals surface area contributed by atoms with Crippen LogP contribution in [0.2, 0.25) is 5.02 Å². The maximum absolute atomic E-state index is 11.1. The SMILES string of the molecule is CCS(=O)(=O)NCCCCc1cccc(Cl)c1. The van der Waals surface area contributed by atoms with Crippen LogP contribution in [0.3, 0.4) is 0 Å². The molecule has 0 aliphatic heterocycles. The van der Waals surface area contributed by atoms with Gasteiger partial charge in [0.05, 0.1) is 5.75 Å². The summed E-state index contributed by atoms with van der Waals surface area (Å²) in [5.41, 5.74) is 1.19. The second-order valence-corrected chi connectivity index (χ2v) is 6.42. The van der Waals surface area contributed by atoms with Crippen LogP contribution in [0.1, 0.15) is 25.3 Å². The van der Waals surface area contributed by atoms with E-state index in [4.69, 9.17) is 11.6 Å². The number of sulfonamides is 1. The molecule has 0 saturated heterocycles. The Morgan fingerprint density at radius 2 is 2.06 bits per heavy atom. The largest absolute Gasteiger partial charge is 0.215 e. The van der Waals surface area contributed by atoms with E-state index in [1.165, 1.54) is 5.56 Å². The van der Waals surface area contributed by atoms with E-state index in [0.29, 0.717) is 6.54 Å². The molecule has 0 heterocycles. The van der Waals surface area contributed by atoms with Gasteiger partial charge >= 0.3 is 0 Å². The third-order valence-corrected chi connectivity index (χ3v) is 4.12. The fourth-order valence-corrected chi connectivity index (χ4v) is 2.35. The average molecular weight is 276 g/mol. The fourth-order valence-electron chi connectivity index (χ4n) is 1.48. The molecule has 0 atom stereocenters. The highest BCUT2D eigenvalue weighted by atomic mass is 35.5. The Labute approximate surface area is 108 Å². The lowest BCUT2D eigenvalue weighted by Crippen LogP contribution is -2.26. The van der Waals surface area contributed by atoms with Crippen LogP contribution in [0.4, 0.5) is 0 Å². The van der Waals surface area contributed by atoms with Gasteiger partial charge in [-0.2, -0.15) is 0 Å². The molecule has 1 N–H and O–H groups in total. The second-order valence-electron chi connectivity index (χ2n) is 3.88. The molecule has 0 fully saturated rings. The van der Waals surface area contributed by atoms with Gasteiger partial charge in [-0.1, -0.05) is 23.7 Å². The van der Waals surface area contributed by atoms with E-state index in [9.17, 15) is 8.42 Å². The van der Waals surface area contributed by atoms with E-state index in [2.05, 4.69) is 4.72 Å². The van der Waals surface area contributed by atoms with Gasteiger partial charge in [0.25, 0.3) is 0 Å². The summed E-state index contributed by atoms with van der Waals surface area (Å²) in [6.45, 7) is 2.14. The lowest BCUT2D eigenvalue weighted by molar-refractivity contribution is 0.578. The Morgan fingerprint density at radius 3 is 2.71 bits per heavy atom. The van der Waals surface area contributed by atoms with Crippen LogP contribution < -0.4 is 4.72 Å². The van der Waals surface area contributed by atoms with Gasteiger partial charge in [0.1, 0.15) is 0 Å². The van der Waals surface area contributed by atoms with Crippen molar-refractivity contribution in [2.75, 3.05) is 12.3 Å². The summed E-state index contributed by atoms with van der Waals surface area (Å²) in [5, 5.41) is 0.745. The number of aryl methyl sites for hydroxylation is 1. The molecule has 0 aromatic heterocycles. The molecule has 0 aliphatic rings. The highest BCUT2D eigenvalue weighted by Crippen LogP contribution is 2.12. The summed E-state index contributed by atoms with van der Waals surface area (Å²) < 4.78 is 24.8. The standard InChI is InChI=1S/C12H18ClNO2S/c1-2-17(15,16)14-9-4-3-6-11-7-5-8-12(13)10-11/h5,7-8,10,14H,2-4,6,9H2,1H3.